The van der Waals surface area contributed by atoms with Crippen LogP contribution in [0.2, 0.25) is 5.02 Å². The van der Waals surface area contributed by atoms with Crippen LogP contribution in [0.5, 0.6) is 5.75 Å². The van der Waals surface area contributed by atoms with Gasteiger partial charge in [0, 0.05) is 39.8 Å². The molecule has 1 heterocycles. The minimum atomic E-state index is -0.759. The smallest absolute Gasteiger partial charge is 0.311 e. The lowest BCUT2D eigenvalue weighted by Crippen LogP contribution is -2.18. The summed E-state index contributed by atoms with van der Waals surface area (Å²) in [5.74, 6) is -1.47. The standard InChI is InChI=1S/C24H19ClN4O4/c1-15-19(13-26-27-24(31)18-9-6-12-22(23(18)30)29(32)33)17-8-3-5-11-21(17)28(15)14-16-7-2-4-10-20(16)25/h2-13,30H,14H2,1H3,(H,27,31)/b26-13+. The van der Waals surface area contributed by atoms with Crippen LogP contribution in [0.25, 0.3) is 10.9 Å². The number of nitrogens with one attached hydrogen (secondary N) is 1. The van der Waals surface area contributed by atoms with Crippen LogP contribution in [0.1, 0.15) is 27.2 Å². The number of aromatic hydroxyl groups is 1. The Hall–Kier alpha value is -4.17. The molecule has 9 heteroatoms. The van der Waals surface area contributed by atoms with Crippen molar-refractivity contribution < 1.29 is 14.8 Å². The highest BCUT2D eigenvalue weighted by atomic mass is 35.5. The molecule has 0 unspecified atom stereocenters. The number of phenols is 1. The van der Waals surface area contributed by atoms with Crippen LogP contribution in [-0.2, 0) is 6.54 Å². The van der Waals surface area contributed by atoms with Crippen molar-refractivity contribution >= 4 is 40.3 Å². The topological polar surface area (TPSA) is 110 Å². The summed E-state index contributed by atoms with van der Waals surface area (Å²) < 4.78 is 2.12. The van der Waals surface area contributed by atoms with Crippen LogP contribution in [0.4, 0.5) is 5.69 Å². The average molecular weight is 463 g/mol. The van der Waals surface area contributed by atoms with Crippen LogP contribution in [0, 0.1) is 17.0 Å². The van der Waals surface area contributed by atoms with E-state index >= 15 is 0 Å². The first-order valence-electron chi connectivity index (χ1n) is 9.99. The summed E-state index contributed by atoms with van der Waals surface area (Å²) in [4.78, 5) is 22.7. The summed E-state index contributed by atoms with van der Waals surface area (Å²) >= 11 is 6.35. The molecule has 8 nitrogen and oxygen atoms in total. The third-order valence-electron chi connectivity index (χ3n) is 5.38. The number of hydrogen-bond acceptors (Lipinski definition) is 5. The molecular formula is C24H19ClN4O4. The van der Waals surface area contributed by atoms with Crippen LogP contribution in [0.3, 0.4) is 0 Å². The van der Waals surface area contributed by atoms with E-state index in [-0.39, 0.29) is 5.56 Å². The number of aromatic nitrogens is 1. The van der Waals surface area contributed by atoms with E-state index in [0.717, 1.165) is 33.8 Å². The van der Waals surface area contributed by atoms with Gasteiger partial charge in [0.15, 0.2) is 0 Å². The number of phenolic OH excluding ortho intramolecular Hbond substituents is 1. The number of fused-ring (bicyclic) bond motifs is 1. The highest BCUT2D eigenvalue weighted by Crippen LogP contribution is 2.29. The van der Waals surface area contributed by atoms with Gasteiger partial charge in [-0.2, -0.15) is 5.10 Å². The molecule has 0 aliphatic heterocycles. The van der Waals surface area contributed by atoms with Crippen molar-refractivity contribution in [3.63, 3.8) is 0 Å². The number of hydrogen-bond donors (Lipinski definition) is 2. The van der Waals surface area contributed by atoms with E-state index in [1.165, 1.54) is 18.3 Å². The maximum absolute atomic E-state index is 12.4. The fourth-order valence-electron chi connectivity index (χ4n) is 3.70. The molecule has 0 saturated carbocycles. The number of benzene rings is 3. The zero-order valence-electron chi connectivity index (χ0n) is 17.5. The zero-order valence-corrected chi connectivity index (χ0v) is 18.3. The number of hydrazone groups is 1. The molecule has 1 aromatic heterocycles. The Labute approximate surface area is 193 Å². The minimum absolute atomic E-state index is 0.237. The van der Waals surface area contributed by atoms with Gasteiger partial charge in [0.25, 0.3) is 5.91 Å². The highest BCUT2D eigenvalue weighted by Gasteiger charge is 2.21. The summed E-state index contributed by atoms with van der Waals surface area (Å²) in [5.41, 5.74) is 5.23. The summed E-state index contributed by atoms with van der Waals surface area (Å²) in [6.07, 6.45) is 1.52. The van der Waals surface area contributed by atoms with Crippen LogP contribution in [0.15, 0.2) is 71.8 Å². The molecule has 0 atom stereocenters. The first-order valence-corrected chi connectivity index (χ1v) is 10.4. The van der Waals surface area contributed by atoms with E-state index in [1.54, 1.807) is 0 Å². The van der Waals surface area contributed by atoms with Gasteiger partial charge in [-0.05, 0) is 30.7 Å². The van der Waals surface area contributed by atoms with E-state index in [0.29, 0.717) is 11.6 Å². The Morgan fingerprint density at radius 1 is 1.15 bits per heavy atom. The number of amides is 1. The second-order valence-corrected chi connectivity index (χ2v) is 7.73. The van der Waals surface area contributed by atoms with E-state index < -0.39 is 22.3 Å². The van der Waals surface area contributed by atoms with Gasteiger partial charge >= 0.3 is 5.69 Å². The van der Waals surface area contributed by atoms with Crippen molar-refractivity contribution in [2.45, 2.75) is 13.5 Å². The van der Waals surface area contributed by atoms with E-state index in [2.05, 4.69) is 15.1 Å². The number of halogens is 1. The molecule has 0 saturated heterocycles. The molecule has 0 radical (unpaired) electrons. The van der Waals surface area contributed by atoms with Gasteiger partial charge < -0.3 is 9.67 Å². The number of nitrogens with zero attached hydrogens (tertiary/aromatic N) is 3. The SMILES string of the molecule is Cc1c(/C=N/NC(=O)c2cccc([N+](=O)[O-])c2O)c2ccccc2n1Cc1ccccc1Cl. The van der Waals surface area contributed by atoms with E-state index in [4.69, 9.17) is 11.6 Å². The first-order chi connectivity index (χ1) is 15.9. The number of nitro groups is 1. The molecule has 4 rings (SSSR count). The predicted octanol–water partition coefficient (Wildman–Crippen LogP) is 5.03. The molecular weight excluding hydrogens is 444 g/mol. The maximum atomic E-state index is 12.4. The van der Waals surface area contributed by atoms with Gasteiger partial charge in [0.1, 0.15) is 0 Å². The Morgan fingerprint density at radius 2 is 1.88 bits per heavy atom. The van der Waals surface area contributed by atoms with Crippen molar-refractivity contribution in [1.29, 1.82) is 0 Å². The van der Waals surface area contributed by atoms with Gasteiger partial charge in [0.2, 0.25) is 5.75 Å². The number of carbonyl (C=O) groups is 1. The molecule has 3 aromatic carbocycles. The van der Waals surface area contributed by atoms with Crippen molar-refractivity contribution in [2.24, 2.45) is 5.10 Å². The van der Waals surface area contributed by atoms with E-state index in [9.17, 15) is 20.0 Å². The third kappa shape index (κ3) is 4.28. The van der Waals surface area contributed by atoms with Crippen LogP contribution >= 0.6 is 11.6 Å². The molecule has 0 bridgehead atoms. The highest BCUT2D eigenvalue weighted by molar-refractivity contribution is 6.31. The average Bonchev–Trinajstić information content (AvgIpc) is 3.06. The van der Waals surface area contributed by atoms with Gasteiger partial charge in [0.05, 0.1) is 16.7 Å². The van der Waals surface area contributed by atoms with E-state index in [1.807, 2.05) is 55.5 Å². The lowest BCUT2D eigenvalue weighted by molar-refractivity contribution is -0.385. The molecule has 166 valence electrons. The van der Waals surface area contributed by atoms with Crippen LogP contribution in [-0.4, -0.2) is 26.7 Å². The Morgan fingerprint density at radius 3 is 2.64 bits per heavy atom. The molecule has 4 aromatic rings. The minimum Gasteiger partial charge on any atom is -0.502 e. The zero-order chi connectivity index (χ0) is 23.5. The summed E-state index contributed by atoms with van der Waals surface area (Å²) in [6.45, 7) is 2.51. The number of carbonyl (C=O) groups excluding carboxylic acids is 1. The first kappa shape index (κ1) is 22.0. The number of para-hydroxylation sites is 2. The third-order valence-corrected chi connectivity index (χ3v) is 5.75. The Balaban J connectivity index is 1.64. The predicted molar refractivity (Wildman–Crippen MR) is 127 cm³/mol. The molecule has 1 amide bonds. The molecule has 0 fully saturated rings. The van der Waals surface area contributed by atoms with Gasteiger partial charge in [-0.3, -0.25) is 14.9 Å². The fraction of sp³-hybridized carbons (Fsp3) is 0.0833. The maximum Gasteiger partial charge on any atom is 0.311 e. The Kier molecular flexibility index (Phi) is 6.10. The fourth-order valence-corrected chi connectivity index (χ4v) is 3.89. The van der Waals surface area contributed by atoms with Gasteiger partial charge in [-0.25, -0.2) is 5.43 Å². The van der Waals surface area contributed by atoms with Crippen LogP contribution < -0.4 is 5.43 Å². The monoisotopic (exact) mass is 462 g/mol. The summed E-state index contributed by atoms with van der Waals surface area (Å²) in [6, 6.07) is 19.2. The van der Waals surface area contributed by atoms with Crippen molar-refractivity contribution in [3.8, 4) is 5.75 Å². The normalized spacial score (nSPS) is 11.2. The Bertz CT molecular complexity index is 1410. The van der Waals surface area contributed by atoms with Gasteiger partial charge in [-0.1, -0.05) is 54.1 Å². The van der Waals surface area contributed by atoms with Gasteiger partial charge in [-0.15, -0.1) is 0 Å². The second-order valence-electron chi connectivity index (χ2n) is 7.32. The number of nitro benzene ring substituents is 1. The summed E-state index contributed by atoms with van der Waals surface area (Å²) in [5, 5.41) is 26.7. The molecule has 2 N–H and O–H groups in total. The molecule has 33 heavy (non-hydrogen) atoms. The van der Waals surface area contributed by atoms with Crippen molar-refractivity contribution in [1.82, 2.24) is 9.99 Å². The molecule has 0 aliphatic carbocycles. The largest absolute Gasteiger partial charge is 0.502 e. The van der Waals surface area contributed by atoms with Crippen molar-refractivity contribution in [3.05, 3.63) is 104 Å². The summed E-state index contributed by atoms with van der Waals surface area (Å²) in [7, 11) is 0. The second kappa shape index (κ2) is 9.13. The number of rotatable bonds is 6. The lowest BCUT2D eigenvalue weighted by Gasteiger charge is -2.10. The molecule has 0 spiro atoms. The lowest BCUT2D eigenvalue weighted by atomic mass is 10.1. The molecule has 0 aliphatic rings. The van der Waals surface area contributed by atoms with Crippen molar-refractivity contribution in [2.75, 3.05) is 0 Å². The quantitative estimate of drug-likeness (QED) is 0.238.